The Morgan fingerprint density at radius 1 is 1.29 bits per heavy atom. The lowest BCUT2D eigenvalue weighted by Gasteiger charge is -2.17. The Morgan fingerprint density at radius 3 is 2.86 bits per heavy atom. The molecule has 0 amide bonds. The van der Waals surface area contributed by atoms with Gasteiger partial charge in [-0.25, -0.2) is 0 Å². The van der Waals surface area contributed by atoms with Crippen molar-refractivity contribution in [3.8, 4) is 5.75 Å². The third kappa shape index (κ3) is 5.17. The number of aliphatic hydroxyl groups is 1. The maximum absolute atomic E-state index is 9.97. The molecule has 4 heteroatoms. The second-order valence-electron chi connectivity index (χ2n) is 5.20. The highest BCUT2D eigenvalue weighted by Gasteiger charge is 2.09. The number of hydrogen-bond donors (Lipinski definition) is 2. The van der Waals surface area contributed by atoms with Crippen LogP contribution in [-0.2, 0) is 0 Å². The van der Waals surface area contributed by atoms with Gasteiger partial charge >= 0.3 is 0 Å². The number of nitrogens with one attached hydrogen (secondary N) is 1. The highest BCUT2D eigenvalue weighted by atomic mass is 16.5. The molecule has 4 nitrogen and oxygen atoms in total. The van der Waals surface area contributed by atoms with Gasteiger partial charge in [-0.3, -0.25) is 4.98 Å². The fourth-order valence-corrected chi connectivity index (χ4v) is 2.02. The van der Waals surface area contributed by atoms with Crippen LogP contribution in [0.3, 0.4) is 0 Å². The molecule has 0 spiro atoms. The molecule has 0 aliphatic rings. The van der Waals surface area contributed by atoms with Crippen molar-refractivity contribution in [2.75, 3.05) is 13.2 Å². The zero-order chi connectivity index (χ0) is 15.1. The molecular weight excluding hydrogens is 264 g/mol. The number of hydrogen-bond acceptors (Lipinski definition) is 4. The standard InChI is InChI=1S/C17H22N2O2/c1-13-5-3-7-17(9-13)21-12-16(20)11-19-14(2)15-6-4-8-18-10-15/h3-10,14,16,19-20H,11-12H2,1-2H3/t14-,16?/m0/s1. The van der Waals surface area contributed by atoms with Crippen LogP contribution in [0.25, 0.3) is 0 Å². The second-order valence-corrected chi connectivity index (χ2v) is 5.20. The molecule has 2 atom stereocenters. The van der Waals surface area contributed by atoms with Crippen molar-refractivity contribution in [1.29, 1.82) is 0 Å². The van der Waals surface area contributed by atoms with Crippen LogP contribution in [0.5, 0.6) is 5.75 Å². The van der Waals surface area contributed by atoms with Crippen molar-refractivity contribution in [1.82, 2.24) is 10.3 Å². The predicted octanol–water partition coefficient (Wildman–Crippen LogP) is 2.48. The Hall–Kier alpha value is -1.91. The number of aliphatic hydroxyl groups excluding tert-OH is 1. The van der Waals surface area contributed by atoms with Gasteiger partial charge in [0.05, 0.1) is 0 Å². The van der Waals surface area contributed by atoms with Crippen molar-refractivity contribution >= 4 is 0 Å². The van der Waals surface area contributed by atoms with Gasteiger partial charge in [0.25, 0.3) is 0 Å². The van der Waals surface area contributed by atoms with Crippen molar-refractivity contribution in [2.45, 2.75) is 26.0 Å². The summed E-state index contributed by atoms with van der Waals surface area (Å²) in [6, 6.07) is 11.9. The average molecular weight is 286 g/mol. The minimum absolute atomic E-state index is 0.146. The molecule has 0 aliphatic heterocycles. The van der Waals surface area contributed by atoms with Gasteiger partial charge in [0.1, 0.15) is 18.5 Å². The van der Waals surface area contributed by atoms with Gasteiger partial charge in [0.2, 0.25) is 0 Å². The zero-order valence-corrected chi connectivity index (χ0v) is 12.5. The van der Waals surface area contributed by atoms with E-state index in [1.807, 2.05) is 56.4 Å². The van der Waals surface area contributed by atoms with Crippen LogP contribution in [-0.4, -0.2) is 29.3 Å². The molecule has 1 heterocycles. The Labute approximate surface area is 125 Å². The monoisotopic (exact) mass is 286 g/mol. The Bertz CT molecular complexity index is 545. The third-order valence-electron chi connectivity index (χ3n) is 3.28. The van der Waals surface area contributed by atoms with Gasteiger partial charge in [-0.1, -0.05) is 18.2 Å². The molecule has 0 saturated carbocycles. The molecule has 2 N–H and O–H groups in total. The molecule has 1 unspecified atom stereocenters. The minimum Gasteiger partial charge on any atom is -0.491 e. The van der Waals surface area contributed by atoms with E-state index in [9.17, 15) is 5.11 Å². The Morgan fingerprint density at radius 2 is 2.14 bits per heavy atom. The van der Waals surface area contributed by atoms with Crippen molar-refractivity contribution in [3.05, 3.63) is 59.9 Å². The summed E-state index contributed by atoms with van der Waals surface area (Å²) in [4.78, 5) is 4.09. The summed E-state index contributed by atoms with van der Waals surface area (Å²) in [5.74, 6) is 0.786. The Kier molecular flexibility index (Phi) is 5.72. The molecule has 2 rings (SSSR count). The lowest BCUT2D eigenvalue weighted by molar-refractivity contribution is 0.104. The highest BCUT2D eigenvalue weighted by Crippen LogP contribution is 2.13. The molecule has 0 fully saturated rings. The quantitative estimate of drug-likeness (QED) is 0.821. The average Bonchev–Trinajstić information content (AvgIpc) is 2.51. The van der Waals surface area contributed by atoms with Gasteiger partial charge in [-0.2, -0.15) is 0 Å². The Balaban J connectivity index is 1.73. The summed E-state index contributed by atoms with van der Waals surface area (Å²) in [5, 5.41) is 13.2. The van der Waals surface area contributed by atoms with E-state index in [1.54, 1.807) is 6.20 Å². The molecule has 1 aromatic heterocycles. The van der Waals surface area contributed by atoms with Gasteiger partial charge < -0.3 is 15.2 Å². The molecule has 2 aromatic rings. The van der Waals surface area contributed by atoms with Gasteiger partial charge in [-0.05, 0) is 43.2 Å². The molecular formula is C17H22N2O2. The molecule has 1 aromatic carbocycles. The lowest BCUT2D eigenvalue weighted by Crippen LogP contribution is -2.33. The van der Waals surface area contributed by atoms with E-state index >= 15 is 0 Å². The maximum Gasteiger partial charge on any atom is 0.119 e. The summed E-state index contributed by atoms with van der Waals surface area (Å²) in [6.07, 6.45) is 3.03. The maximum atomic E-state index is 9.97. The van der Waals surface area contributed by atoms with E-state index in [-0.39, 0.29) is 12.6 Å². The van der Waals surface area contributed by atoms with E-state index in [1.165, 1.54) is 0 Å². The van der Waals surface area contributed by atoms with Gasteiger partial charge in [0, 0.05) is 25.0 Å². The number of ether oxygens (including phenoxy) is 1. The van der Waals surface area contributed by atoms with E-state index < -0.39 is 6.10 Å². The summed E-state index contributed by atoms with van der Waals surface area (Å²) in [6.45, 7) is 4.81. The summed E-state index contributed by atoms with van der Waals surface area (Å²) < 4.78 is 5.58. The first-order chi connectivity index (χ1) is 10.1. The van der Waals surface area contributed by atoms with Crippen molar-refractivity contribution < 1.29 is 9.84 Å². The third-order valence-corrected chi connectivity index (χ3v) is 3.28. The second kappa shape index (κ2) is 7.76. The fraction of sp³-hybridized carbons (Fsp3) is 0.353. The van der Waals surface area contributed by atoms with E-state index in [2.05, 4.69) is 10.3 Å². The molecule has 0 radical (unpaired) electrons. The topological polar surface area (TPSA) is 54.4 Å². The van der Waals surface area contributed by atoms with Crippen LogP contribution >= 0.6 is 0 Å². The predicted molar refractivity (Wildman–Crippen MR) is 83.3 cm³/mol. The number of aryl methyl sites for hydroxylation is 1. The van der Waals surface area contributed by atoms with Crippen molar-refractivity contribution in [2.24, 2.45) is 0 Å². The first kappa shape index (κ1) is 15.5. The molecule has 112 valence electrons. The van der Waals surface area contributed by atoms with Crippen LogP contribution in [0.4, 0.5) is 0 Å². The number of benzene rings is 1. The summed E-state index contributed by atoms with van der Waals surface area (Å²) >= 11 is 0. The van der Waals surface area contributed by atoms with Crippen LogP contribution in [0, 0.1) is 6.92 Å². The molecule has 0 bridgehead atoms. The van der Waals surface area contributed by atoms with Gasteiger partial charge in [0.15, 0.2) is 0 Å². The smallest absolute Gasteiger partial charge is 0.119 e. The highest BCUT2D eigenvalue weighted by molar-refractivity contribution is 5.27. The van der Waals surface area contributed by atoms with Crippen LogP contribution in [0.2, 0.25) is 0 Å². The van der Waals surface area contributed by atoms with Crippen LogP contribution in [0.15, 0.2) is 48.8 Å². The van der Waals surface area contributed by atoms with Crippen LogP contribution < -0.4 is 10.1 Å². The van der Waals surface area contributed by atoms with E-state index in [0.717, 1.165) is 16.9 Å². The van der Waals surface area contributed by atoms with E-state index in [0.29, 0.717) is 6.54 Å². The molecule has 0 aliphatic carbocycles. The lowest BCUT2D eigenvalue weighted by atomic mass is 10.1. The summed E-state index contributed by atoms with van der Waals surface area (Å²) in [7, 11) is 0. The first-order valence-corrected chi connectivity index (χ1v) is 7.16. The number of rotatable bonds is 7. The number of nitrogens with zero attached hydrogens (tertiary/aromatic N) is 1. The van der Waals surface area contributed by atoms with Gasteiger partial charge in [-0.15, -0.1) is 0 Å². The minimum atomic E-state index is -0.551. The molecule has 21 heavy (non-hydrogen) atoms. The first-order valence-electron chi connectivity index (χ1n) is 7.16. The van der Waals surface area contributed by atoms with Crippen molar-refractivity contribution in [3.63, 3.8) is 0 Å². The molecule has 0 saturated heterocycles. The summed E-state index contributed by atoms with van der Waals surface area (Å²) in [5.41, 5.74) is 2.25. The number of pyridine rings is 1. The normalized spacial score (nSPS) is 13.7. The van der Waals surface area contributed by atoms with Crippen LogP contribution in [0.1, 0.15) is 24.1 Å². The SMILES string of the molecule is Cc1cccc(OCC(O)CN[C@@H](C)c2cccnc2)c1. The number of aromatic nitrogens is 1. The van der Waals surface area contributed by atoms with E-state index in [4.69, 9.17) is 4.74 Å². The zero-order valence-electron chi connectivity index (χ0n) is 12.5. The largest absolute Gasteiger partial charge is 0.491 e. The fourth-order valence-electron chi connectivity index (χ4n) is 2.02.